The third-order valence-electron chi connectivity index (χ3n) is 2.93. The van der Waals surface area contributed by atoms with Crippen molar-refractivity contribution in [3.05, 3.63) is 35.7 Å². The van der Waals surface area contributed by atoms with Gasteiger partial charge in [0.15, 0.2) is 0 Å². The molecule has 7 heteroatoms. The lowest BCUT2D eigenvalue weighted by atomic mass is 10.0. The molecular formula is C13H14F3N3O. The van der Waals surface area contributed by atoms with Crippen LogP contribution in [0.25, 0.3) is 5.57 Å². The van der Waals surface area contributed by atoms with Gasteiger partial charge in [-0.25, -0.2) is 0 Å². The third-order valence-corrected chi connectivity index (χ3v) is 2.93. The molecule has 2 N–H and O–H groups in total. The molecule has 0 bridgehead atoms. The smallest absolute Gasteiger partial charge is 0.344 e. The summed E-state index contributed by atoms with van der Waals surface area (Å²) >= 11 is 0. The van der Waals surface area contributed by atoms with E-state index in [2.05, 4.69) is 10.3 Å². The van der Waals surface area contributed by atoms with Crippen LogP contribution in [0.4, 0.5) is 13.2 Å². The normalized spacial score (nSPS) is 15.7. The fourth-order valence-electron chi connectivity index (χ4n) is 1.90. The van der Waals surface area contributed by atoms with Crippen molar-refractivity contribution < 1.29 is 18.0 Å². The minimum Gasteiger partial charge on any atom is -0.344 e. The molecule has 0 radical (unpaired) electrons. The Hall–Kier alpha value is -1.89. The van der Waals surface area contributed by atoms with Gasteiger partial charge in [-0.15, -0.1) is 0 Å². The summed E-state index contributed by atoms with van der Waals surface area (Å²) in [5, 5.41) is 5.02. The van der Waals surface area contributed by atoms with E-state index in [1.807, 2.05) is 11.4 Å². The topological polar surface area (TPSA) is 54.0 Å². The Morgan fingerprint density at radius 3 is 2.90 bits per heavy atom. The van der Waals surface area contributed by atoms with Crippen LogP contribution in [0.1, 0.15) is 17.7 Å². The fraction of sp³-hybridized carbons (Fsp3) is 0.385. The van der Waals surface area contributed by atoms with Gasteiger partial charge in [-0.1, -0.05) is 6.08 Å². The molecular weight excluding hydrogens is 271 g/mol. The second-order valence-corrected chi connectivity index (χ2v) is 4.41. The van der Waals surface area contributed by atoms with Crippen molar-refractivity contribution in [2.75, 3.05) is 13.1 Å². The number of nitrogens with one attached hydrogen (secondary N) is 2. The standard InChI is InChI=1S/C13H14F3N3O/c14-13(15,16)12(20)19-8-9-1-6-18-11(7-9)10-2-4-17-5-3-10/h1-2,6-7,17H,3-5,8H2,(H,19,20). The van der Waals surface area contributed by atoms with Crippen molar-refractivity contribution in [2.45, 2.75) is 19.1 Å². The molecule has 0 atom stereocenters. The van der Waals surface area contributed by atoms with E-state index >= 15 is 0 Å². The van der Waals surface area contributed by atoms with Gasteiger partial charge < -0.3 is 10.6 Å². The summed E-state index contributed by atoms with van der Waals surface area (Å²) in [5.74, 6) is -1.93. The van der Waals surface area contributed by atoms with Crippen LogP contribution in [0.15, 0.2) is 24.4 Å². The van der Waals surface area contributed by atoms with Gasteiger partial charge in [-0.3, -0.25) is 9.78 Å². The zero-order chi connectivity index (χ0) is 14.6. The molecule has 0 fully saturated rings. The van der Waals surface area contributed by atoms with E-state index in [1.54, 1.807) is 12.1 Å². The highest BCUT2D eigenvalue weighted by Gasteiger charge is 2.38. The molecule has 1 amide bonds. The van der Waals surface area contributed by atoms with Gasteiger partial charge in [0.1, 0.15) is 0 Å². The van der Waals surface area contributed by atoms with E-state index in [9.17, 15) is 18.0 Å². The van der Waals surface area contributed by atoms with Crippen molar-refractivity contribution in [2.24, 2.45) is 0 Å². The predicted molar refractivity (Wildman–Crippen MR) is 67.6 cm³/mol. The van der Waals surface area contributed by atoms with Crippen molar-refractivity contribution in [1.29, 1.82) is 0 Å². The summed E-state index contributed by atoms with van der Waals surface area (Å²) in [6.45, 7) is 1.44. The van der Waals surface area contributed by atoms with Gasteiger partial charge in [0.05, 0.1) is 5.69 Å². The number of amides is 1. The minimum absolute atomic E-state index is 0.167. The summed E-state index contributed by atoms with van der Waals surface area (Å²) in [4.78, 5) is 15.0. The molecule has 4 nitrogen and oxygen atoms in total. The molecule has 1 aromatic rings. The first-order valence-corrected chi connectivity index (χ1v) is 6.17. The first-order valence-electron chi connectivity index (χ1n) is 6.17. The Kier molecular flexibility index (Phi) is 4.39. The molecule has 0 aliphatic carbocycles. The Labute approximate surface area is 114 Å². The number of nitrogens with zero attached hydrogens (tertiary/aromatic N) is 1. The van der Waals surface area contributed by atoms with E-state index in [-0.39, 0.29) is 6.54 Å². The van der Waals surface area contributed by atoms with E-state index in [0.717, 1.165) is 30.8 Å². The Morgan fingerprint density at radius 2 is 2.25 bits per heavy atom. The van der Waals surface area contributed by atoms with Gasteiger partial charge >= 0.3 is 12.1 Å². The zero-order valence-corrected chi connectivity index (χ0v) is 10.6. The lowest BCUT2D eigenvalue weighted by molar-refractivity contribution is -0.173. The third kappa shape index (κ3) is 3.80. The molecule has 0 aromatic carbocycles. The molecule has 0 saturated carbocycles. The van der Waals surface area contributed by atoms with E-state index < -0.39 is 12.1 Å². The molecule has 1 aromatic heterocycles. The van der Waals surface area contributed by atoms with E-state index in [1.165, 1.54) is 6.20 Å². The molecule has 1 aliphatic heterocycles. The summed E-state index contributed by atoms with van der Waals surface area (Å²) in [5.41, 5.74) is 2.39. The van der Waals surface area contributed by atoms with Crippen molar-refractivity contribution in [1.82, 2.24) is 15.6 Å². The molecule has 108 valence electrons. The maximum atomic E-state index is 12.1. The number of rotatable bonds is 3. The van der Waals surface area contributed by atoms with Crippen LogP contribution in [-0.4, -0.2) is 30.2 Å². The van der Waals surface area contributed by atoms with Crippen molar-refractivity contribution in [3.63, 3.8) is 0 Å². The maximum absolute atomic E-state index is 12.1. The van der Waals surface area contributed by atoms with Crippen LogP contribution in [0, 0.1) is 0 Å². The molecule has 1 aliphatic rings. The number of aromatic nitrogens is 1. The summed E-state index contributed by atoms with van der Waals surface area (Å²) in [6.07, 6.45) is -0.490. The van der Waals surface area contributed by atoms with Gasteiger partial charge in [0.25, 0.3) is 0 Å². The number of carbonyl (C=O) groups is 1. The lowest BCUT2D eigenvalue weighted by Crippen LogP contribution is -2.36. The van der Waals surface area contributed by atoms with Crippen LogP contribution in [0.3, 0.4) is 0 Å². The van der Waals surface area contributed by atoms with Crippen molar-refractivity contribution in [3.8, 4) is 0 Å². The number of pyridine rings is 1. The summed E-state index contributed by atoms with van der Waals surface area (Å²) in [6, 6.07) is 3.29. The number of alkyl halides is 3. The largest absolute Gasteiger partial charge is 0.471 e. The second kappa shape index (κ2) is 6.04. The van der Waals surface area contributed by atoms with Crippen LogP contribution >= 0.6 is 0 Å². The SMILES string of the molecule is O=C(NCc1ccnc(C2=CCNCC2)c1)C(F)(F)F. The molecule has 0 saturated heterocycles. The average molecular weight is 285 g/mol. The van der Waals surface area contributed by atoms with Gasteiger partial charge in [-0.05, 0) is 36.2 Å². The molecule has 20 heavy (non-hydrogen) atoms. The first kappa shape index (κ1) is 14.5. The summed E-state index contributed by atoms with van der Waals surface area (Å²) in [7, 11) is 0. The fourth-order valence-corrected chi connectivity index (χ4v) is 1.90. The maximum Gasteiger partial charge on any atom is 0.471 e. The predicted octanol–water partition coefficient (Wildman–Crippen LogP) is 1.64. The first-order chi connectivity index (χ1) is 9.47. The minimum atomic E-state index is -4.85. The van der Waals surface area contributed by atoms with Gasteiger partial charge in [0, 0.05) is 19.3 Å². The lowest BCUT2D eigenvalue weighted by Gasteiger charge is -2.14. The van der Waals surface area contributed by atoms with E-state index in [4.69, 9.17) is 0 Å². The summed E-state index contributed by atoms with van der Waals surface area (Å²) < 4.78 is 36.2. The highest BCUT2D eigenvalue weighted by molar-refractivity contribution is 5.81. The Bertz CT molecular complexity index is 526. The number of carbonyl (C=O) groups excluding carboxylic acids is 1. The van der Waals surface area contributed by atoms with E-state index in [0.29, 0.717) is 5.56 Å². The second-order valence-electron chi connectivity index (χ2n) is 4.41. The molecule has 0 spiro atoms. The van der Waals surface area contributed by atoms with Gasteiger partial charge in [-0.2, -0.15) is 13.2 Å². The van der Waals surface area contributed by atoms with Crippen LogP contribution in [0.2, 0.25) is 0 Å². The number of hydrogen-bond donors (Lipinski definition) is 2. The highest BCUT2D eigenvalue weighted by Crippen LogP contribution is 2.19. The number of hydrogen-bond acceptors (Lipinski definition) is 3. The van der Waals surface area contributed by atoms with Gasteiger partial charge in [0.2, 0.25) is 0 Å². The monoisotopic (exact) mass is 285 g/mol. The quantitative estimate of drug-likeness (QED) is 0.887. The average Bonchev–Trinajstić information content (AvgIpc) is 2.45. The number of halogens is 3. The highest BCUT2D eigenvalue weighted by atomic mass is 19.4. The van der Waals surface area contributed by atoms with Crippen LogP contribution in [0.5, 0.6) is 0 Å². The van der Waals surface area contributed by atoms with Crippen molar-refractivity contribution >= 4 is 11.5 Å². The van der Waals surface area contributed by atoms with Crippen LogP contribution < -0.4 is 10.6 Å². The zero-order valence-electron chi connectivity index (χ0n) is 10.6. The Balaban J connectivity index is 2.03. The van der Waals surface area contributed by atoms with Crippen LogP contribution in [-0.2, 0) is 11.3 Å². The Morgan fingerprint density at radius 1 is 1.45 bits per heavy atom. The molecule has 2 rings (SSSR count). The molecule has 0 unspecified atom stereocenters. The molecule has 2 heterocycles.